The largest absolute Gasteiger partial charge is 0.464 e. The third-order valence-electron chi connectivity index (χ3n) is 4.24. The van der Waals surface area contributed by atoms with Crippen molar-refractivity contribution in [2.75, 3.05) is 13.1 Å². The summed E-state index contributed by atoms with van der Waals surface area (Å²) < 4.78 is 11.1. The fraction of sp³-hybridized carbons (Fsp3) is 0.526. The van der Waals surface area contributed by atoms with Gasteiger partial charge in [0.1, 0.15) is 11.2 Å². The van der Waals surface area contributed by atoms with Crippen LogP contribution in [0.1, 0.15) is 39.2 Å². The normalized spacial score (nSPS) is 19.1. The minimum Gasteiger partial charge on any atom is -0.464 e. The summed E-state index contributed by atoms with van der Waals surface area (Å²) in [5, 5.41) is 1.18. The van der Waals surface area contributed by atoms with Crippen LogP contribution in [0.15, 0.2) is 34.9 Å². The number of fused-ring (bicyclic) bond motifs is 1. The summed E-state index contributed by atoms with van der Waals surface area (Å²) in [5.74, 6) is 0.456. The fourth-order valence-corrected chi connectivity index (χ4v) is 3.23. The summed E-state index contributed by atoms with van der Waals surface area (Å²) in [7, 11) is 0. The number of ether oxygens (including phenoxy) is 1. The van der Waals surface area contributed by atoms with Gasteiger partial charge in [0.15, 0.2) is 0 Å². The van der Waals surface area contributed by atoms with Crippen LogP contribution in [0.5, 0.6) is 0 Å². The maximum absolute atomic E-state index is 12.3. The van der Waals surface area contributed by atoms with E-state index in [-0.39, 0.29) is 6.09 Å². The number of amides is 1. The molecule has 0 spiro atoms. The number of hydrogen-bond acceptors (Lipinski definition) is 3. The van der Waals surface area contributed by atoms with Crippen LogP contribution in [0.2, 0.25) is 0 Å². The number of para-hydroxylation sites is 1. The molecule has 23 heavy (non-hydrogen) atoms. The van der Waals surface area contributed by atoms with Crippen LogP contribution in [0.3, 0.4) is 0 Å². The maximum atomic E-state index is 12.3. The molecule has 1 atom stereocenters. The molecular formula is C19H25NO3. The Bertz CT molecular complexity index is 683. The van der Waals surface area contributed by atoms with Gasteiger partial charge in [0.2, 0.25) is 0 Å². The molecule has 0 radical (unpaired) electrons. The smallest absolute Gasteiger partial charge is 0.410 e. The van der Waals surface area contributed by atoms with Crippen molar-refractivity contribution < 1.29 is 13.9 Å². The number of carbonyl (C=O) groups excluding carboxylic acids is 1. The highest BCUT2D eigenvalue weighted by atomic mass is 16.6. The third-order valence-corrected chi connectivity index (χ3v) is 4.24. The van der Waals surface area contributed by atoms with Crippen molar-refractivity contribution in [3.63, 3.8) is 0 Å². The average Bonchev–Trinajstić information content (AvgIpc) is 2.89. The van der Waals surface area contributed by atoms with Gasteiger partial charge in [0.25, 0.3) is 0 Å². The van der Waals surface area contributed by atoms with Crippen LogP contribution in [0.25, 0.3) is 11.0 Å². The number of rotatable bonds is 2. The lowest BCUT2D eigenvalue weighted by Crippen LogP contribution is -2.43. The summed E-state index contributed by atoms with van der Waals surface area (Å²) in [5.41, 5.74) is 1.73. The Labute approximate surface area is 137 Å². The van der Waals surface area contributed by atoms with E-state index in [1.54, 1.807) is 0 Å². The highest BCUT2D eigenvalue weighted by molar-refractivity contribution is 5.80. The van der Waals surface area contributed by atoms with E-state index in [1.807, 2.05) is 50.1 Å². The molecule has 1 amide bonds. The van der Waals surface area contributed by atoms with Gasteiger partial charge in [-0.15, -0.1) is 0 Å². The van der Waals surface area contributed by atoms with Gasteiger partial charge in [-0.3, -0.25) is 0 Å². The van der Waals surface area contributed by atoms with Crippen molar-refractivity contribution in [2.24, 2.45) is 5.92 Å². The minimum atomic E-state index is -0.440. The van der Waals surface area contributed by atoms with Crippen molar-refractivity contribution in [1.29, 1.82) is 0 Å². The van der Waals surface area contributed by atoms with E-state index in [0.29, 0.717) is 5.92 Å². The van der Waals surface area contributed by atoms with Gasteiger partial charge in [0, 0.05) is 18.5 Å². The van der Waals surface area contributed by atoms with E-state index >= 15 is 0 Å². The zero-order valence-electron chi connectivity index (χ0n) is 14.2. The van der Waals surface area contributed by atoms with Gasteiger partial charge >= 0.3 is 6.09 Å². The van der Waals surface area contributed by atoms with Crippen LogP contribution < -0.4 is 0 Å². The molecule has 4 nitrogen and oxygen atoms in total. The zero-order valence-corrected chi connectivity index (χ0v) is 14.2. The molecule has 1 aliphatic heterocycles. The molecular weight excluding hydrogens is 290 g/mol. The van der Waals surface area contributed by atoms with Gasteiger partial charge in [-0.1, -0.05) is 18.2 Å². The number of hydrogen-bond donors (Lipinski definition) is 0. The Balaban J connectivity index is 1.66. The molecule has 0 bridgehead atoms. The van der Waals surface area contributed by atoms with E-state index in [0.717, 1.165) is 37.9 Å². The molecule has 0 aliphatic carbocycles. The molecule has 1 fully saturated rings. The number of carbonyl (C=O) groups is 1. The Morgan fingerprint density at radius 3 is 2.91 bits per heavy atom. The van der Waals surface area contributed by atoms with Crippen molar-refractivity contribution in [2.45, 2.75) is 45.6 Å². The van der Waals surface area contributed by atoms with Crippen LogP contribution in [-0.2, 0) is 11.2 Å². The quantitative estimate of drug-likeness (QED) is 0.812. The lowest BCUT2D eigenvalue weighted by atomic mass is 9.91. The van der Waals surface area contributed by atoms with Gasteiger partial charge in [-0.25, -0.2) is 4.79 Å². The van der Waals surface area contributed by atoms with Gasteiger partial charge < -0.3 is 14.1 Å². The maximum Gasteiger partial charge on any atom is 0.410 e. The molecule has 0 saturated carbocycles. The van der Waals surface area contributed by atoms with Crippen molar-refractivity contribution in [1.82, 2.24) is 4.90 Å². The number of nitrogens with zero attached hydrogens (tertiary/aromatic N) is 1. The highest BCUT2D eigenvalue weighted by Crippen LogP contribution is 2.27. The van der Waals surface area contributed by atoms with Gasteiger partial charge in [-0.2, -0.15) is 0 Å². The molecule has 0 unspecified atom stereocenters. The molecule has 1 aromatic heterocycles. The highest BCUT2D eigenvalue weighted by Gasteiger charge is 2.28. The summed E-state index contributed by atoms with van der Waals surface area (Å²) in [6.07, 6.45) is 4.77. The number of likely N-dealkylation sites (tertiary alicyclic amines) is 1. The lowest BCUT2D eigenvalue weighted by Gasteiger charge is -2.34. The van der Waals surface area contributed by atoms with Crippen LogP contribution >= 0.6 is 0 Å². The molecule has 0 N–H and O–H groups in total. The lowest BCUT2D eigenvalue weighted by molar-refractivity contribution is 0.0166. The standard InChI is InChI=1S/C19H25NO3/c1-19(2,3)23-18(21)20-10-6-7-14(12-20)11-15-13-22-17-9-5-4-8-16(15)17/h4-5,8-9,13-14H,6-7,10-12H2,1-3H3/t14-/m1/s1. The summed E-state index contributed by atoms with van der Waals surface area (Å²) >= 11 is 0. The summed E-state index contributed by atoms with van der Waals surface area (Å²) in [4.78, 5) is 14.1. The first-order valence-electron chi connectivity index (χ1n) is 8.35. The van der Waals surface area contributed by atoms with Crippen LogP contribution in [-0.4, -0.2) is 29.7 Å². The van der Waals surface area contributed by atoms with E-state index in [9.17, 15) is 4.79 Å². The first-order valence-corrected chi connectivity index (χ1v) is 8.35. The topological polar surface area (TPSA) is 42.7 Å². The van der Waals surface area contributed by atoms with E-state index in [2.05, 4.69) is 6.07 Å². The molecule has 2 heterocycles. The van der Waals surface area contributed by atoms with E-state index < -0.39 is 5.60 Å². The minimum absolute atomic E-state index is 0.195. The average molecular weight is 315 g/mol. The molecule has 1 saturated heterocycles. The molecule has 3 rings (SSSR count). The molecule has 1 aromatic carbocycles. The molecule has 1 aliphatic rings. The second-order valence-corrected chi connectivity index (χ2v) is 7.40. The van der Waals surface area contributed by atoms with Gasteiger partial charge in [-0.05, 0) is 57.6 Å². The van der Waals surface area contributed by atoms with E-state index in [4.69, 9.17) is 9.15 Å². The van der Waals surface area contributed by atoms with Gasteiger partial charge in [0.05, 0.1) is 6.26 Å². The summed E-state index contributed by atoms with van der Waals surface area (Å²) in [6.45, 7) is 7.27. The monoisotopic (exact) mass is 315 g/mol. The zero-order chi connectivity index (χ0) is 16.4. The molecule has 4 heteroatoms. The SMILES string of the molecule is CC(C)(C)OC(=O)N1CCC[C@H](Cc2coc3ccccc23)C1. The Morgan fingerprint density at radius 2 is 2.13 bits per heavy atom. The first-order chi connectivity index (χ1) is 10.9. The second-order valence-electron chi connectivity index (χ2n) is 7.40. The number of piperidine rings is 1. The Morgan fingerprint density at radius 1 is 1.35 bits per heavy atom. The third kappa shape index (κ3) is 3.87. The fourth-order valence-electron chi connectivity index (χ4n) is 3.23. The molecule has 2 aromatic rings. The van der Waals surface area contributed by atoms with Crippen molar-refractivity contribution >= 4 is 17.1 Å². The predicted molar refractivity (Wildman–Crippen MR) is 90.4 cm³/mol. The second kappa shape index (κ2) is 6.26. The summed E-state index contributed by atoms with van der Waals surface area (Å²) in [6, 6.07) is 8.12. The van der Waals surface area contributed by atoms with Crippen molar-refractivity contribution in [3.05, 3.63) is 36.1 Å². The predicted octanol–water partition coefficient (Wildman–Crippen LogP) is 4.62. The van der Waals surface area contributed by atoms with E-state index in [1.165, 1.54) is 10.9 Å². The van der Waals surface area contributed by atoms with Crippen molar-refractivity contribution in [3.8, 4) is 0 Å². The Hall–Kier alpha value is -1.97. The Kier molecular flexibility index (Phi) is 4.33. The molecule has 124 valence electrons. The first kappa shape index (κ1) is 15.9. The van der Waals surface area contributed by atoms with Crippen LogP contribution in [0.4, 0.5) is 4.79 Å². The van der Waals surface area contributed by atoms with Crippen LogP contribution in [0, 0.1) is 5.92 Å². The number of benzene rings is 1. The number of furan rings is 1.